The molecule has 0 heterocycles. The molecule has 2 N–H and O–H groups in total. The summed E-state index contributed by atoms with van der Waals surface area (Å²) in [5.74, 6) is -0.713. The van der Waals surface area contributed by atoms with Crippen LogP contribution in [0.1, 0.15) is 18.9 Å². The highest BCUT2D eigenvalue weighted by Gasteiger charge is 2.30. The molecule has 5 nitrogen and oxygen atoms in total. The topological polar surface area (TPSA) is 67.4 Å². The molecule has 0 unspecified atom stereocenters. The Bertz CT molecular complexity index is 501. The van der Waals surface area contributed by atoms with Crippen molar-refractivity contribution in [2.24, 2.45) is 0 Å². The van der Waals surface area contributed by atoms with Crippen molar-refractivity contribution in [1.29, 1.82) is 0 Å². The molecule has 1 aromatic rings. The summed E-state index contributed by atoms with van der Waals surface area (Å²) < 4.78 is 42.1. The van der Waals surface area contributed by atoms with E-state index in [0.717, 1.165) is 30.7 Å². The summed E-state index contributed by atoms with van der Waals surface area (Å²) in [6.45, 7) is 1.87. The third-order valence-electron chi connectivity index (χ3n) is 2.57. The average molecular weight is 318 g/mol. The van der Waals surface area contributed by atoms with Gasteiger partial charge in [0.1, 0.15) is 5.75 Å². The van der Waals surface area contributed by atoms with E-state index in [1.54, 1.807) is 0 Å². The minimum Gasteiger partial charge on any atom is -0.484 e. The highest BCUT2D eigenvalue weighted by Crippen LogP contribution is 2.30. The van der Waals surface area contributed by atoms with E-state index < -0.39 is 17.6 Å². The van der Waals surface area contributed by atoms with Crippen molar-refractivity contribution in [2.45, 2.75) is 19.5 Å². The smallest absolute Gasteiger partial charge is 0.416 e. The fourth-order valence-electron chi connectivity index (χ4n) is 1.45. The Morgan fingerprint density at radius 3 is 2.27 bits per heavy atom. The number of ether oxygens (including phenoxy) is 1. The first-order valence-corrected chi connectivity index (χ1v) is 6.66. The van der Waals surface area contributed by atoms with Crippen LogP contribution in [0, 0.1) is 0 Å². The van der Waals surface area contributed by atoms with E-state index in [1.807, 2.05) is 6.92 Å². The summed E-state index contributed by atoms with van der Waals surface area (Å²) >= 11 is 0. The first kappa shape index (κ1) is 17.8. The van der Waals surface area contributed by atoms with Gasteiger partial charge in [-0.25, -0.2) is 0 Å². The van der Waals surface area contributed by atoms with Crippen molar-refractivity contribution in [3.05, 3.63) is 29.8 Å². The zero-order chi connectivity index (χ0) is 16.6. The number of nitrogens with one attached hydrogen (secondary N) is 2. The molecule has 22 heavy (non-hydrogen) atoms. The molecular weight excluding hydrogens is 301 g/mol. The SMILES string of the molecule is CCCNC(=O)CNC(=O)COc1ccc(C(F)(F)F)cc1. The monoisotopic (exact) mass is 318 g/mol. The van der Waals surface area contributed by atoms with Crippen molar-refractivity contribution in [3.8, 4) is 5.75 Å². The van der Waals surface area contributed by atoms with E-state index in [0.29, 0.717) is 6.54 Å². The van der Waals surface area contributed by atoms with Gasteiger partial charge in [-0.2, -0.15) is 13.2 Å². The van der Waals surface area contributed by atoms with Crippen molar-refractivity contribution >= 4 is 11.8 Å². The molecule has 0 bridgehead atoms. The second-order valence-electron chi connectivity index (χ2n) is 4.44. The molecule has 0 atom stereocenters. The Labute approximate surface area is 125 Å². The summed E-state index contributed by atoms with van der Waals surface area (Å²) in [5, 5.41) is 4.92. The molecule has 0 spiro atoms. The molecule has 8 heteroatoms. The van der Waals surface area contributed by atoms with Crippen molar-refractivity contribution in [2.75, 3.05) is 19.7 Å². The molecule has 0 radical (unpaired) electrons. The zero-order valence-electron chi connectivity index (χ0n) is 12.0. The van der Waals surface area contributed by atoms with Gasteiger partial charge in [-0.3, -0.25) is 9.59 Å². The summed E-state index contributed by atoms with van der Waals surface area (Å²) in [5.41, 5.74) is -0.795. The number of benzene rings is 1. The number of carbonyl (C=O) groups is 2. The van der Waals surface area contributed by atoms with Crippen LogP contribution in [0.3, 0.4) is 0 Å². The fraction of sp³-hybridized carbons (Fsp3) is 0.429. The maximum atomic E-state index is 12.4. The minimum atomic E-state index is -4.41. The summed E-state index contributed by atoms with van der Waals surface area (Å²) in [6.07, 6.45) is -3.63. The first-order chi connectivity index (χ1) is 10.3. The third kappa shape index (κ3) is 6.47. The van der Waals surface area contributed by atoms with Crippen molar-refractivity contribution < 1.29 is 27.5 Å². The van der Waals surface area contributed by atoms with Gasteiger partial charge < -0.3 is 15.4 Å². The van der Waals surface area contributed by atoms with E-state index in [1.165, 1.54) is 0 Å². The number of hydrogen-bond acceptors (Lipinski definition) is 3. The average Bonchev–Trinajstić information content (AvgIpc) is 2.48. The predicted octanol–water partition coefficient (Wildman–Crippen LogP) is 1.73. The molecule has 122 valence electrons. The van der Waals surface area contributed by atoms with E-state index in [9.17, 15) is 22.8 Å². The molecule has 0 aliphatic heterocycles. The van der Waals surface area contributed by atoms with Gasteiger partial charge in [0.25, 0.3) is 5.91 Å². The number of amides is 2. The molecule has 1 rings (SSSR count). The van der Waals surface area contributed by atoms with Crippen LogP contribution < -0.4 is 15.4 Å². The summed E-state index contributed by atoms with van der Waals surface area (Å²) in [6, 6.07) is 3.99. The number of halogens is 3. The Balaban J connectivity index is 2.33. The predicted molar refractivity (Wildman–Crippen MR) is 73.2 cm³/mol. The Hall–Kier alpha value is -2.25. The molecular formula is C14H17F3N2O3. The Kier molecular flexibility index (Phi) is 6.68. The van der Waals surface area contributed by atoms with E-state index in [-0.39, 0.29) is 24.8 Å². The van der Waals surface area contributed by atoms with Gasteiger partial charge in [0, 0.05) is 6.54 Å². The van der Waals surface area contributed by atoms with Crippen molar-refractivity contribution in [3.63, 3.8) is 0 Å². The lowest BCUT2D eigenvalue weighted by atomic mass is 10.2. The van der Waals surface area contributed by atoms with E-state index >= 15 is 0 Å². The van der Waals surface area contributed by atoms with Crippen LogP contribution in [-0.2, 0) is 15.8 Å². The molecule has 0 saturated heterocycles. The zero-order valence-corrected chi connectivity index (χ0v) is 12.0. The van der Waals surface area contributed by atoms with Crippen LogP contribution in [0.5, 0.6) is 5.75 Å². The number of rotatable bonds is 7. The number of hydrogen-bond donors (Lipinski definition) is 2. The molecule has 0 fully saturated rings. The lowest BCUT2D eigenvalue weighted by Gasteiger charge is -2.09. The summed E-state index contributed by atoms with van der Waals surface area (Å²) in [4.78, 5) is 22.7. The van der Waals surface area contributed by atoms with Crippen molar-refractivity contribution in [1.82, 2.24) is 10.6 Å². The molecule has 0 aliphatic carbocycles. The first-order valence-electron chi connectivity index (χ1n) is 6.66. The van der Waals surface area contributed by atoms with Crippen LogP contribution in [0.2, 0.25) is 0 Å². The summed E-state index contributed by atoms with van der Waals surface area (Å²) in [7, 11) is 0. The molecule has 2 amide bonds. The highest BCUT2D eigenvalue weighted by molar-refractivity contribution is 5.85. The molecule has 0 aliphatic rings. The Morgan fingerprint density at radius 2 is 1.73 bits per heavy atom. The maximum Gasteiger partial charge on any atom is 0.416 e. The van der Waals surface area contributed by atoms with Crippen LogP contribution in [0.15, 0.2) is 24.3 Å². The fourth-order valence-corrected chi connectivity index (χ4v) is 1.45. The standard InChI is InChI=1S/C14H17F3N2O3/c1-2-7-18-12(20)8-19-13(21)9-22-11-5-3-10(4-6-11)14(15,16)17/h3-6H,2,7-9H2,1H3,(H,18,20)(H,19,21). The van der Waals surface area contributed by atoms with E-state index in [4.69, 9.17) is 4.74 Å². The second kappa shape index (κ2) is 8.26. The lowest BCUT2D eigenvalue weighted by molar-refractivity contribution is -0.137. The normalized spacial score (nSPS) is 10.9. The second-order valence-corrected chi connectivity index (χ2v) is 4.44. The maximum absolute atomic E-state index is 12.4. The third-order valence-corrected chi connectivity index (χ3v) is 2.57. The molecule has 1 aromatic carbocycles. The number of alkyl halides is 3. The largest absolute Gasteiger partial charge is 0.484 e. The van der Waals surface area contributed by atoms with Gasteiger partial charge in [-0.1, -0.05) is 6.92 Å². The lowest BCUT2D eigenvalue weighted by Crippen LogP contribution is -2.39. The van der Waals surface area contributed by atoms with Gasteiger partial charge in [0.15, 0.2) is 6.61 Å². The van der Waals surface area contributed by atoms with Crippen LogP contribution in [0.4, 0.5) is 13.2 Å². The molecule has 0 saturated carbocycles. The van der Waals surface area contributed by atoms with Crippen LogP contribution in [0.25, 0.3) is 0 Å². The van der Waals surface area contributed by atoms with Gasteiger partial charge in [-0.05, 0) is 30.7 Å². The number of carbonyl (C=O) groups excluding carboxylic acids is 2. The van der Waals surface area contributed by atoms with Gasteiger partial charge in [0.05, 0.1) is 12.1 Å². The van der Waals surface area contributed by atoms with Gasteiger partial charge in [-0.15, -0.1) is 0 Å². The van der Waals surface area contributed by atoms with Gasteiger partial charge in [0.2, 0.25) is 5.91 Å². The quantitative estimate of drug-likeness (QED) is 0.804. The highest BCUT2D eigenvalue weighted by atomic mass is 19.4. The van der Waals surface area contributed by atoms with E-state index in [2.05, 4.69) is 10.6 Å². The molecule has 0 aromatic heterocycles. The Morgan fingerprint density at radius 1 is 1.09 bits per heavy atom. The van der Waals surface area contributed by atoms with Gasteiger partial charge >= 0.3 is 6.18 Å². The van der Waals surface area contributed by atoms with Crippen LogP contribution >= 0.6 is 0 Å². The van der Waals surface area contributed by atoms with Crippen LogP contribution in [-0.4, -0.2) is 31.5 Å². The minimum absolute atomic E-state index is 0.138.